The number of carbonyl (C=O) groups is 1. The minimum atomic E-state index is -0.298. The topological polar surface area (TPSA) is 76.6 Å². The van der Waals surface area contributed by atoms with E-state index in [1.54, 1.807) is 25.4 Å². The number of anilines is 2. The lowest BCUT2D eigenvalue weighted by Gasteiger charge is -2.27. The number of hydrogen-bond acceptors (Lipinski definition) is 7. The normalized spacial score (nSPS) is 14.2. The monoisotopic (exact) mass is 342 g/mol. The third-order valence-corrected chi connectivity index (χ3v) is 3.93. The molecule has 1 aliphatic rings. The minimum absolute atomic E-state index is 0.298. The van der Waals surface area contributed by atoms with Crippen LogP contribution in [-0.2, 0) is 16.0 Å². The van der Waals surface area contributed by atoms with Crippen LogP contribution in [0, 0.1) is 0 Å². The predicted molar refractivity (Wildman–Crippen MR) is 94.8 cm³/mol. The van der Waals surface area contributed by atoms with E-state index < -0.39 is 0 Å². The highest BCUT2D eigenvalue weighted by Gasteiger charge is 2.13. The van der Waals surface area contributed by atoms with Crippen molar-refractivity contribution in [3.63, 3.8) is 0 Å². The molecule has 1 fully saturated rings. The molecular formula is C18H22N4O3. The number of nitrogens with one attached hydrogen (secondary N) is 1. The van der Waals surface area contributed by atoms with Gasteiger partial charge in [-0.3, -0.25) is 0 Å². The van der Waals surface area contributed by atoms with Crippen molar-refractivity contribution in [1.82, 2.24) is 9.97 Å². The molecule has 3 rings (SSSR count). The van der Waals surface area contributed by atoms with E-state index >= 15 is 0 Å². The second-order valence-electron chi connectivity index (χ2n) is 5.63. The number of nitrogens with zero attached hydrogens (tertiary/aromatic N) is 3. The SMILES string of the molecule is CCOC(=O)c1ccc(CNc2cc(N3CCOCC3)ncn2)cc1. The van der Waals surface area contributed by atoms with Gasteiger partial charge in [0, 0.05) is 25.7 Å². The van der Waals surface area contributed by atoms with Crippen molar-refractivity contribution in [2.45, 2.75) is 13.5 Å². The first kappa shape index (κ1) is 17.2. The van der Waals surface area contributed by atoms with Crippen LogP contribution in [0.5, 0.6) is 0 Å². The van der Waals surface area contributed by atoms with Crippen molar-refractivity contribution in [3.05, 3.63) is 47.8 Å². The molecule has 132 valence electrons. The van der Waals surface area contributed by atoms with Gasteiger partial charge in [-0.1, -0.05) is 12.1 Å². The average molecular weight is 342 g/mol. The quantitative estimate of drug-likeness (QED) is 0.806. The van der Waals surface area contributed by atoms with Gasteiger partial charge in [0.05, 0.1) is 25.4 Å². The maximum Gasteiger partial charge on any atom is 0.338 e. The molecule has 7 heteroatoms. The number of carbonyl (C=O) groups excluding carboxylic acids is 1. The van der Waals surface area contributed by atoms with Gasteiger partial charge in [-0.25, -0.2) is 14.8 Å². The lowest BCUT2D eigenvalue weighted by atomic mass is 10.1. The average Bonchev–Trinajstić information content (AvgIpc) is 2.68. The standard InChI is InChI=1S/C18H22N4O3/c1-2-25-18(23)15-5-3-14(4-6-15)12-19-16-11-17(21-13-20-16)22-7-9-24-10-8-22/h3-6,11,13H,2,7-10,12H2,1H3,(H,19,20,21). The fourth-order valence-electron chi connectivity index (χ4n) is 2.57. The van der Waals surface area contributed by atoms with Crippen molar-refractivity contribution < 1.29 is 14.3 Å². The molecule has 0 bridgehead atoms. The Balaban J connectivity index is 1.58. The first-order valence-electron chi connectivity index (χ1n) is 8.41. The van der Waals surface area contributed by atoms with Crippen molar-refractivity contribution in [1.29, 1.82) is 0 Å². The Morgan fingerprint density at radius 3 is 2.72 bits per heavy atom. The van der Waals surface area contributed by atoms with Crippen molar-refractivity contribution in [3.8, 4) is 0 Å². The van der Waals surface area contributed by atoms with Gasteiger partial charge in [0.15, 0.2) is 0 Å². The summed E-state index contributed by atoms with van der Waals surface area (Å²) in [5.41, 5.74) is 1.61. The van der Waals surface area contributed by atoms with Crippen LogP contribution in [0.3, 0.4) is 0 Å². The molecule has 1 aliphatic heterocycles. The molecule has 1 N–H and O–H groups in total. The van der Waals surface area contributed by atoms with E-state index in [9.17, 15) is 4.79 Å². The zero-order chi connectivity index (χ0) is 17.5. The van der Waals surface area contributed by atoms with Crippen LogP contribution in [0.2, 0.25) is 0 Å². The third-order valence-electron chi connectivity index (χ3n) is 3.93. The highest BCUT2D eigenvalue weighted by atomic mass is 16.5. The van der Waals surface area contributed by atoms with Crippen LogP contribution in [0.25, 0.3) is 0 Å². The summed E-state index contributed by atoms with van der Waals surface area (Å²) in [7, 11) is 0. The van der Waals surface area contributed by atoms with Crippen molar-refractivity contribution in [2.75, 3.05) is 43.1 Å². The lowest BCUT2D eigenvalue weighted by molar-refractivity contribution is 0.0526. The zero-order valence-corrected chi connectivity index (χ0v) is 14.3. The first-order chi connectivity index (χ1) is 12.3. The molecule has 0 radical (unpaired) electrons. The largest absolute Gasteiger partial charge is 0.462 e. The molecule has 0 saturated carbocycles. The van der Waals surface area contributed by atoms with E-state index in [1.165, 1.54) is 0 Å². The van der Waals surface area contributed by atoms with E-state index in [1.807, 2.05) is 18.2 Å². The van der Waals surface area contributed by atoms with Gasteiger partial charge >= 0.3 is 5.97 Å². The minimum Gasteiger partial charge on any atom is -0.462 e. The van der Waals surface area contributed by atoms with Gasteiger partial charge in [-0.2, -0.15) is 0 Å². The molecule has 2 heterocycles. The Morgan fingerprint density at radius 1 is 1.24 bits per heavy atom. The molecule has 1 aromatic carbocycles. The first-order valence-corrected chi connectivity index (χ1v) is 8.41. The second kappa shape index (κ2) is 8.43. The maximum absolute atomic E-state index is 11.7. The molecular weight excluding hydrogens is 320 g/mol. The van der Waals surface area contributed by atoms with Gasteiger partial charge in [0.1, 0.15) is 18.0 Å². The van der Waals surface area contributed by atoms with Crippen LogP contribution < -0.4 is 10.2 Å². The van der Waals surface area contributed by atoms with Crippen molar-refractivity contribution >= 4 is 17.6 Å². The smallest absolute Gasteiger partial charge is 0.338 e. The fourth-order valence-corrected chi connectivity index (χ4v) is 2.57. The number of esters is 1. The van der Waals surface area contributed by atoms with Gasteiger partial charge < -0.3 is 19.7 Å². The summed E-state index contributed by atoms with van der Waals surface area (Å²) >= 11 is 0. The molecule has 0 spiro atoms. The Kier molecular flexibility index (Phi) is 5.79. The number of aromatic nitrogens is 2. The number of rotatable bonds is 6. The van der Waals surface area contributed by atoms with Gasteiger partial charge in [-0.15, -0.1) is 0 Å². The van der Waals surface area contributed by atoms with Crippen LogP contribution in [-0.4, -0.2) is 48.8 Å². The molecule has 1 saturated heterocycles. The van der Waals surface area contributed by atoms with Gasteiger partial charge in [-0.05, 0) is 24.6 Å². The maximum atomic E-state index is 11.7. The number of morpholine rings is 1. The summed E-state index contributed by atoms with van der Waals surface area (Å²) in [4.78, 5) is 22.4. The molecule has 7 nitrogen and oxygen atoms in total. The third kappa shape index (κ3) is 4.67. The Bertz CT molecular complexity index is 700. The van der Waals surface area contributed by atoms with E-state index in [4.69, 9.17) is 9.47 Å². The fraction of sp³-hybridized carbons (Fsp3) is 0.389. The molecule has 0 atom stereocenters. The van der Waals surface area contributed by atoms with E-state index in [2.05, 4.69) is 20.2 Å². The molecule has 2 aromatic rings. The summed E-state index contributed by atoms with van der Waals surface area (Å²) in [6.07, 6.45) is 1.57. The van der Waals surface area contributed by atoms with Crippen LogP contribution in [0.15, 0.2) is 36.7 Å². The highest BCUT2D eigenvalue weighted by Crippen LogP contribution is 2.16. The van der Waals surface area contributed by atoms with E-state index in [0.717, 1.165) is 43.5 Å². The molecule has 0 aliphatic carbocycles. The summed E-state index contributed by atoms with van der Waals surface area (Å²) < 4.78 is 10.3. The predicted octanol–water partition coefficient (Wildman–Crippen LogP) is 2.10. The lowest BCUT2D eigenvalue weighted by Crippen LogP contribution is -2.36. The zero-order valence-electron chi connectivity index (χ0n) is 14.3. The second-order valence-corrected chi connectivity index (χ2v) is 5.63. The molecule has 1 aromatic heterocycles. The van der Waals surface area contributed by atoms with Crippen molar-refractivity contribution in [2.24, 2.45) is 0 Å². The Hall–Kier alpha value is -2.67. The summed E-state index contributed by atoms with van der Waals surface area (Å²) in [6, 6.07) is 9.30. The molecule has 0 amide bonds. The number of hydrogen-bond donors (Lipinski definition) is 1. The van der Waals surface area contributed by atoms with E-state index in [-0.39, 0.29) is 5.97 Å². The summed E-state index contributed by atoms with van der Waals surface area (Å²) in [6.45, 7) is 5.91. The number of benzene rings is 1. The van der Waals surface area contributed by atoms with Crippen LogP contribution >= 0.6 is 0 Å². The van der Waals surface area contributed by atoms with Gasteiger partial charge in [0.25, 0.3) is 0 Å². The van der Waals surface area contributed by atoms with Gasteiger partial charge in [0.2, 0.25) is 0 Å². The summed E-state index contributed by atoms with van der Waals surface area (Å²) in [5.74, 6) is 1.37. The Labute approximate surface area is 147 Å². The number of ether oxygens (including phenoxy) is 2. The Morgan fingerprint density at radius 2 is 2.00 bits per heavy atom. The molecule has 25 heavy (non-hydrogen) atoms. The molecule has 0 unspecified atom stereocenters. The van der Waals surface area contributed by atoms with E-state index in [0.29, 0.717) is 18.7 Å². The highest BCUT2D eigenvalue weighted by molar-refractivity contribution is 5.89. The van der Waals surface area contributed by atoms with Crippen LogP contribution in [0.1, 0.15) is 22.8 Å². The summed E-state index contributed by atoms with van der Waals surface area (Å²) in [5, 5.41) is 3.29. The van der Waals surface area contributed by atoms with Crippen LogP contribution in [0.4, 0.5) is 11.6 Å².